The number of hydrazine groups is 1. The average molecular weight is 188 g/mol. The van der Waals surface area contributed by atoms with Gasteiger partial charge in [-0.25, -0.2) is 5.01 Å². The van der Waals surface area contributed by atoms with E-state index in [2.05, 4.69) is 5.43 Å². The number of carbonyl (C=O) groups is 1. The molecule has 0 spiro atoms. The summed E-state index contributed by atoms with van der Waals surface area (Å²) in [6, 6.07) is 0. The third-order valence-electron chi connectivity index (χ3n) is 2.05. The van der Waals surface area contributed by atoms with Gasteiger partial charge in [0, 0.05) is 19.6 Å². The minimum atomic E-state index is -0.763. The second kappa shape index (κ2) is 5.16. The summed E-state index contributed by atoms with van der Waals surface area (Å²) in [7, 11) is 0. The van der Waals surface area contributed by atoms with E-state index in [0.717, 1.165) is 13.1 Å². The van der Waals surface area contributed by atoms with Crippen molar-refractivity contribution in [3.05, 3.63) is 0 Å². The Balaban J connectivity index is 2.13. The number of aliphatic carboxylic acids is 1. The van der Waals surface area contributed by atoms with E-state index in [1.807, 2.05) is 5.01 Å². The predicted molar refractivity (Wildman–Crippen MR) is 47.2 cm³/mol. The third-order valence-corrected chi connectivity index (χ3v) is 2.05. The lowest BCUT2D eigenvalue weighted by Gasteiger charge is -2.27. The zero-order chi connectivity index (χ0) is 9.68. The molecule has 0 bridgehead atoms. The van der Waals surface area contributed by atoms with Crippen LogP contribution in [0.3, 0.4) is 0 Å². The van der Waals surface area contributed by atoms with Crippen LogP contribution in [0.15, 0.2) is 0 Å². The summed E-state index contributed by atoms with van der Waals surface area (Å²) in [5.41, 5.74) is 3.08. The molecule has 1 saturated heterocycles. The molecule has 0 radical (unpaired) electrons. The van der Waals surface area contributed by atoms with Crippen LogP contribution in [0, 0.1) is 5.92 Å². The van der Waals surface area contributed by atoms with Crippen LogP contribution in [0.2, 0.25) is 0 Å². The van der Waals surface area contributed by atoms with Gasteiger partial charge in [0.15, 0.2) is 0 Å². The molecular weight excluding hydrogens is 172 g/mol. The van der Waals surface area contributed by atoms with Crippen molar-refractivity contribution in [2.45, 2.75) is 6.92 Å². The van der Waals surface area contributed by atoms with Crippen molar-refractivity contribution >= 4 is 5.97 Å². The maximum atomic E-state index is 10.5. The summed E-state index contributed by atoms with van der Waals surface area (Å²) in [6.07, 6.45) is 0. The summed E-state index contributed by atoms with van der Waals surface area (Å²) in [5, 5.41) is 10.6. The van der Waals surface area contributed by atoms with Crippen molar-refractivity contribution in [3.63, 3.8) is 0 Å². The summed E-state index contributed by atoms with van der Waals surface area (Å²) in [4.78, 5) is 10.5. The van der Waals surface area contributed by atoms with Gasteiger partial charge in [0.25, 0.3) is 0 Å². The highest BCUT2D eigenvalue weighted by molar-refractivity contribution is 5.69. The summed E-state index contributed by atoms with van der Waals surface area (Å²) >= 11 is 0. The molecule has 2 N–H and O–H groups in total. The molecule has 1 aliphatic rings. The molecule has 0 aromatic rings. The van der Waals surface area contributed by atoms with Crippen LogP contribution in [-0.4, -0.2) is 48.9 Å². The fraction of sp³-hybridized carbons (Fsp3) is 0.875. The lowest BCUT2D eigenvalue weighted by Crippen LogP contribution is -2.47. The summed E-state index contributed by atoms with van der Waals surface area (Å²) in [6.45, 7) is 5.26. The number of nitrogens with zero attached hydrogens (tertiary/aromatic N) is 1. The SMILES string of the molecule is CC(CNN1CCOCC1)C(=O)O. The molecular formula is C8H16N2O3. The van der Waals surface area contributed by atoms with E-state index in [9.17, 15) is 4.79 Å². The van der Waals surface area contributed by atoms with Crippen molar-refractivity contribution in [1.82, 2.24) is 10.4 Å². The number of hydrogen-bond acceptors (Lipinski definition) is 4. The van der Waals surface area contributed by atoms with Gasteiger partial charge in [-0.2, -0.15) is 0 Å². The second-order valence-electron chi connectivity index (χ2n) is 3.20. The molecule has 1 fully saturated rings. The molecule has 0 amide bonds. The normalized spacial score (nSPS) is 21.3. The number of carboxylic acid groups (broad SMARTS) is 1. The van der Waals surface area contributed by atoms with Crippen molar-refractivity contribution in [2.24, 2.45) is 5.92 Å². The summed E-state index contributed by atoms with van der Waals surface area (Å²) < 4.78 is 5.16. The van der Waals surface area contributed by atoms with E-state index in [-0.39, 0.29) is 5.92 Å². The minimum Gasteiger partial charge on any atom is -0.481 e. The van der Waals surface area contributed by atoms with Gasteiger partial charge in [-0.05, 0) is 0 Å². The fourth-order valence-corrected chi connectivity index (χ4v) is 1.07. The van der Waals surface area contributed by atoms with Crippen molar-refractivity contribution in [3.8, 4) is 0 Å². The smallest absolute Gasteiger partial charge is 0.307 e. The van der Waals surface area contributed by atoms with E-state index >= 15 is 0 Å². The van der Waals surface area contributed by atoms with Crippen LogP contribution in [0.4, 0.5) is 0 Å². The van der Waals surface area contributed by atoms with Crippen LogP contribution >= 0.6 is 0 Å². The molecule has 1 atom stereocenters. The first kappa shape index (κ1) is 10.4. The number of rotatable bonds is 4. The molecule has 1 heterocycles. The molecule has 0 aliphatic carbocycles. The molecule has 0 saturated carbocycles. The van der Waals surface area contributed by atoms with Crippen molar-refractivity contribution in [1.29, 1.82) is 0 Å². The Morgan fingerprint density at radius 3 is 2.77 bits per heavy atom. The van der Waals surface area contributed by atoms with Gasteiger partial charge in [-0.3, -0.25) is 10.2 Å². The van der Waals surface area contributed by atoms with Gasteiger partial charge in [0.05, 0.1) is 19.1 Å². The topological polar surface area (TPSA) is 61.8 Å². The molecule has 0 aromatic carbocycles. The van der Waals surface area contributed by atoms with E-state index < -0.39 is 5.97 Å². The highest BCUT2D eigenvalue weighted by Crippen LogP contribution is 1.96. The van der Waals surface area contributed by atoms with Crippen molar-refractivity contribution in [2.75, 3.05) is 32.8 Å². The summed E-state index contributed by atoms with van der Waals surface area (Å²) in [5.74, 6) is -1.11. The third kappa shape index (κ3) is 3.71. The van der Waals surface area contributed by atoms with Gasteiger partial charge in [-0.1, -0.05) is 6.92 Å². The maximum absolute atomic E-state index is 10.5. The number of hydrogen-bond donors (Lipinski definition) is 2. The standard InChI is InChI=1S/C8H16N2O3/c1-7(8(11)12)6-9-10-2-4-13-5-3-10/h7,9H,2-6H2,1H3,(H,11,12). The fourth-order valence-electron chi connectivity index (χ4n) is 1.07. The quantitative estimate of drug-likeness (QED) is 0.625. The second-order valence-corrected chi connectivity index (χ2v) is 3.20. The predicted octanol–water partition coefficient (Wildman–Crippen LogP) is -0.456. The Morgan fingerprint density at radius 1 is 1.62 bits per heavy atom. The van der Waals surface area contributed by atoms with Crippen LogP contribution in [0.25, 0.3) is 0 Å². The van der Waals surface area contributed by atoms with E-state index in [1.165, 1.54) is 0 Å². The van der Waals surface area contributed by atoms with E-state index in [4.69, 9.17) is 9.84 Å². The molecule has 5 heteroatoms. The Hall–Kier alpha value is -0.650. The number of ether oxygens (including phenoxy) is 1. The molecule has 0 aromatic heterocycles. The Bertz CT molecular complexity index is 169. The van der Waals surface area contributed by atoms with Crippen LogP contribution in [0.1, 0.15) is 6.92 Å². The maximum Gasteiger partial charge on any atom is 0.307 e. The van der Waals surface area contributed by atoms with E-state index in [1.54, 1.807) is 6.92 Å². The molecule has 5 nitrogen and oxygen atoms in total. The molecule has 13 heavy (non-hydrogen) atoms. The van der Waals surface area contributed by atoms with Crippen LogP contribution in [0.5, 0.6) is 0 Å². The minimum absolute atomic E-state index is 0.345. The zero-order valence-corrected chi connectivity index (χ0v) is 7.82. The Kier molecular flexibility index (Phi) is 4.14. The Morgan fingerprint density at radius 2 is 2.23 bits per heavy atom. The molecule has 1 unspecified atom stereocenters. The van der Waals surface area contributed by atoms with Crippen LogP contribution < -0.4 is 5.43 Å². The first-order valence-electron chi connectivity index (χ1n) is 4.49. The average Bonchev–Trinajstić information content (AvgIpc) is 2.15. The molecule has 1 rings (SSSR count). The van der Waals surface area contributed by atoms with Crippen LogP contribution in [-0.2, 0) is 9.53 Å². The van der Waals surface area contributed by atoms with Gasteiger partial charge < -0.3 is 9.84 Å². The number of nitrogens with one attached hydrogen (secondary N) is 1. The first-order chi connectivity index (χ1) is 6.20. The van der Waals surface area contributed by atoms with Gasteiger partial charge >= 0.3 is 5.97 Å². The number of carboxylic acids is 1. The lowest BCUT2D eigenvalue weighted by molar-refractivity contribution is -0.141. The van der Waals surface area contributed by atoms with Gasteiger partial charge in [0.2, 0.25) is 0 Å². The van der Waals surface area contributed by atoms with Crippen molar-refractivity contribution < 1.29 is 14.6 Å². The first-order valence-corrected chi connectivity index (χ1v) is 4.49. The lowest BCUT2D eigenvalue weighted by atomic mass is 10.2. The van der Waals surface area contributed by atoms with Gasteiger partial charge in [0.1, 0.15) is 0 Å². The zero-order valence-electron chi connectivity index (χ0n) is 7.82. The number of morpholine rings is 1. The molecule has 1 aliphatic heterocycles. The molecule has 76 valence electrons. The van der Waals surface area contributed by atoms with E-state index in [0.29, 0.717) is 19.8 Å². The monoisotopic (exact) mass is 188 g/mol. The highest BCUT2D eigenvalue weighted by Gasteiger charge is 2.14. The highest BCUT2D eigenvalue weighted by atomic mass is 16.5. The largest absolute Gasteiger partial charge is 0.481 e. The van der Waals surface area contributed by atoms with Gasteiger partial charge in [-0.15, -0.1) is 0 Å². The Labute approximate surface area is 77.6 Å².